The van der Waals surface area contributed by atoms with Gasteiger partial charge in [0.15, 0.2) is 0 Å². The van der Waals surface area contributed by atoms with Gasteiger partial charge in [-0.3, -0.25) is 0 Å². The number of benzene rings is 1. The maximum absolute atomic E-state index is 13.6. The summed E-state index contributed by atoms with van der Waals surface area (Å²) in [7, 11) is -4.16. The van der Waals surface area contributed by atoms with Crippen molar-refractivity contribution in [2.75, 3.05) is 13.2 Å². The molecular weight excluding hydrogens is 301 g/mol. The summed E-state index contributed by atoms with van der Waals surface area (Å²) in [5.74, 6) is -1.98. The van der Waals surface area contributed by atoms with Crippen LogP contribution in [0.4, 0.5) is 4.39 Å². The second-order valence-electron chi connectivity index (χ2n) is 3.87. The minimum atomic E-state index is -4.16. The Hall–Kier alpha value is -1.22. The van der Waals surface area contributed by atoms with E-state index in [1.54, 1.807) is 0 Å². The lowest BCUT2D eigenvalue weighted by Gasteiger charge is -2.25. The van der Waals surface area contributed by atoms with Crippen LogP contribution in [0.2, 0.25) is 5.02 Å². The van der Waals surface area contributed by atoms with Crippen LogP contribution < -0.4 is 5.14 Å². The normalized spacial score (nSPS) is 15.9. The average molecular weight is 310 g/mol. The van der Waals surface area contributed by atoms with E-state index >= 15 is 0 Å². The number of primary sulfonamides is 1. The molecule has 0 atom stereocenters. The van der Waals surface area contributed by atoms with Crippen LogP contribution in [-0.4, -0.2) is 33.7 Å². The first kappa shape index (κ1) is 14.2. The van der Waals surface area contributed by atoms with E-state index in [9.17, 15) is 17.6 Å². The number of esters is 1. The van der Waals surface area contributed by atoms with Gasteiger partial charge in [-0.1, -0.05) is 11.6 Å². The number of hydrogen-bond acceptors (Lipinski definition) is 5. The molecule has 0 amide bonds. The molecule has 19 heavy (non-hydrogen) atoms. The van der Waals surface area contributed by atoms with E-state index in [1.807, 2.05) is 0 Å². The maximum atomic E-state index is 13.6. The molecule has 1 aromatic rings. The van der Waals surface area contributed by atoms with Crippen LogP contribution in [0.5, 0.6) is 0 Å². The maximum Gasteiger partial charge on any atom is 0.341 e. The molecule has 1 aliphatic heterocycles. The Bertz CT molecular complexity index is 629. The summed E-state index contributed by atoms with van der Waals surface area (Å²) in [4.78, 5) is 11.1. The molecule has 1 heterocycles. The van der Waals surface area contributed by atoms with E-state index in [0.717, 1.165) is 6.07 Å². The van der Waals surface area contributed by atoms with Crippen molar-refractivity contribution in [1.82, 2.24) is 0 Å². The van der Waals surface area contributed by atoms with E-state index in [0.29, 0.717) is 6.07 Å². The van der Waals surface area contributed by atoms with E-state index in [-0.39, 0.29) is 13.2 Å². The van der Waals surface area contributed by atoms with Crippen LogP contribution in [0.3, 0.4) is 0 Å². The SMILES string of the molecule is NS(=O)(=O)c1cc(C(=O)OC2COC2)c(F)cc1Cl. The van der Waals surface area contributed by atoms with Crippen LogP contribution in [0.15, 0.2) is 17.0 Å². The van der Waals surface area contributed by atoms with Crippen molar-refractivity contribution in [3.05, 3.63) is 28.5 Å². The molecule has 0 aliphatic carbocycles. The quantitative estimate of drug-likeness (QED) is 0.828. The molecule has 0 aromatic heterocycles. The topological polar surface area (TPSA) is 95.7 Å². The van der Waals surface area contributed by atoms with Crippen LogP contribution in [0.1, 0.15) is 10.4 Å². The van der Waals surface area contributed by atoms with Gasteiger partial charge in [0.25, 0.3) is 0 Å². The molecule has 1 aliphatic rings. The first-order valence-electron chi connectivity index (χ1n) is 5.09. The third kappa shape index (κ3) is 3.03. The number of ether oxygens (including phenoxy) is 2. The molecule has 1 aromatic carbocycles. The Morgan fingerprint density at radius 2 is 2.11 bits per heavy atom. The van der Waals surface area contributed by atoms with Crippen molar-refractivity contribution >= 4 is 27.6 Å². The highest BCUT2D eigenvalue weighted by Crippen LogP contribution is 2.25. The molecule has 0 bridgehead atoms. The lowest BCUT2D eigenvalue weighted by molar-refractivity contribution is -0.103. The second-order valence-corrected chi connectivity index (χ2v) is 5.81. The van der Waals surface area contributed by atoms with Crippen molar-refractivity contribution in [3.63, 3.8) is 0 Å². The van der Waals surface area contributed by atoms with Crippen molar-refractivity contribution in [2.45, 2.75) is 11.0 Å². The van der Waals surface area contributed by atoms with Gasteiger partial charge in [0, 0.05) is 0 Å². The zero-order valence-electron chi connectivity index (χ0n) is 9.43. The Morgan fingerprint density at radius 3 is 2.58 bits per heavy atom. The predicted octanol–water partition coefficient (Wildman–Crippen LogP) is 0.682. The number of halogens is 2. The third-order valence-corrected chi connectivity index (χ3v) is 3.80. The molecular formula is C10H9ClFNO5S. The molecule has 6 nitrogen and oxygen atoms in total. The summed E-state index contributed by atoms with van der Waals surface area (Å²) in [5.41, 5.74) is -0.541. The standard InChI is InChI=1S/C10H9ClFNO5S/c11-7-2-8(12)6(1-9(7)19(13,15)16)10(14)18-5-3-17-4-5/h1-2,5H,3-4H2,(H2,13,15,16). The number of hydrogen-bond donors (Lipinski definition) is 1. The molecule has 0 spiro atoms. The first-order valence-corrected chi connectivity index (χ1v) is 7.02. The first-order chi connectivity index (χ1) is 8.79. The van der Waals surface area contributed by atoms with Crippen LogP contribution >= 0.6 is 11.6 Å². The smallest absolute Gasteiger partial charge is 0.341 e. The highest BCUT2D eigenvalue weighted by atomic mass is 35.5. The second kappa shape index (κ2) is 5.04. The minimum Gasteiger partial charge on any atom is -0.454 e. The van der Waals surface area contributed by atoms with E-state index in [4.69, 9.17) is 26.2 Å². The Labute approximate surface area is 113 Å². The zero-order chi connectivity index (χ0) is 14.2. The summed E-state index contributed by atoms with van der Waals surface area (Å²) in [6.07, 6.45) is -0.458. The molecule has 1 saturated heterocycles. The summed E-state index contributed by atoms with van der Waals surface area (Å²) in [6.45, 7) is 0.450. The minimum absolute atomic E-state index is 0.225. The molecule has 9 heteroatoms. The van der Waals surface area contributed by atoms with Gasteiger partial charge in [0.1, 0.15) is 16.8 Å². The Morgan fingerprint density at radius 1 is 1.47 bits per heavy atom. The van der Waals surface area contributed by atoms with Gasteiger partial charge in [-0.2, -0.15) is 0 Å². The van der Waals surface area contributed by atoms with Crippen molar-refractivity contribution in [3.8, 4) is 0 Å². The summed E-state index contributed by atoms with van der Waals surface area (Å²) in [5, 5.41) is 4.51. The van der Waals surface area contributed by atoms with Crippen molar-refractivity contribution in [1.29, 1.82) is 0 Å². The van der Waals surface area contributed by atoms with Gasteiger partial charge in [-0.15, -0.1) is 0 Å². The van der Waals surface area contributed by atoms with Gasteiger partial charge in [0.2, 0.25) is 10.0 Å². The fourth-order valence-corrected chi connectivity index (χ4v) is 2.49. The lowest BCUT2D eigenvalue weighted by atomic mass is 10.2. The lowest BCUT2D eigenvalue weighted by Crippen LogP contribution is -2.38. The number of nitrogens with two attached hydrogens (primary N) is 1. The average Bonchev–Trinajstić information content (AvgIpc) is 2.21. The van der Waals surface area contributed by atoms with Crippen molar-refractivity contribution < 1.29 is 27.1 Å². The predicted molar refractivity (Wildman–Crippen MR) is 62.8 cm³/mol. The zero-order valence-corrected chi connectivity index (χ0v) is 11.0. The van der Waals surface area contributed by atoms with Gasteiger partial charge in [-0.25, -0.2) is 22.7 Å². The van der Waals surface area contributed by atoms with E-state index < -0.39 is 43.4 Å². The molecule has 2 N–H and O–H groups in total. The largest absolute Gasteiger partial charge is 0.454 e. The van der Waals surface area contributed by atoms with Gasteiger partial charge in [0.05, 0.1) is 23.8 Å². The molecule has 104 valence electrons. The Balaban J connectivity index is 2.36. The highest BCUT2D eigenvalue weighted by molar-refractivity contribution is 7.89. The summed E-state index contributed by atoms with van der Waals surface area (Å²) < 4.78 is 45.7. The van der Waals surface area contributed by atoms with E-state index in [1.165, 1.54) is 0 Å². The summed E-state index contributed by atoms with van der Waals surface area (Å²) >= 11 is 5.56. The number of carbonyl (C=O) groups is 1. The van der Waals surface area contributed by atoms with E-state index in [2.05, 4.69) is 0 Å². The van der Waals surface area contributed by atoms with Gasteiger partial charge in [-0.05, 0) is 12.1 Å². The Kier molecular flexibility index (Phi) is 3.77. The third-order valence-electron chi connectivity index (χ3n) is 2.43. The monoisotopic (exact) mass is 309 g/mol. The molecule has 0 unspecified atom stereocenters. The molecule has 2 rings (SSSR count). The van der Waals surface area contributed by atoms with Gasteiger partial charge >= 0.3 is 5.97 Å². The van der Waals surface area contributed by atoms with Gasteiger partial charge < -0.3 is 9.47 Å². The fourth-order valence-electron chi connectivity index (χ4n) is 1.40. The summed E-state index contributed by atoms with van der Waals surface area (Å²) in [6, 6.07) is 1.46. The van der Waals surface area contributed by atoms with Crippen LogP contribution in [-0.2, 0) is 19.5 Å². The van der Waals surface area contributed by atoms with Crippen molar-refractivity contribution in [2.24, 2.45) is 5.14 Å². The number of rotatable bonds is 3. The van der Waals surface area contributed by atoms with Crippen LogP contribution in [0, 0.1) is 5.82 Å². The fraction of sp³-hybridized carbons (Fsp3) is 0.300. The highest BCUT2D eigenvalue weighted by Gasteiger charge is 2.27. The van der Waals surface area contributed by atoms with Crippen LogP contribution in [0.25, 0.3) is 0 Å². The number of carbonyl (C=O) groups excluding carboxylic acids is 1. The molecule has 0 saturated carbocycles. The molecule has 1 fully saturated rings. The number of sulfonamides is 1. The molecule has 0 radical (unpaired) electrons.